The standard InChI is InChI=1S/C44H50F2N8O3/c1-5-33-37(45)9-6-29-17-32(56)18-34(40(29)33)42-41(46)43(35(20-49-42)44(47-4)54-23-30-7-8-31(24-54)50-30)48-12-15-52-13-10-27(11-14-52)16-28-21-53(22-28)39-19-38(57-51-39)36(25-55)26(2)3/h1,6,9,17-20,25-28,30-31,36,50,56H,4,7-8,10-16,21-24H2,2-3H3/b44-35+,48-43?. The Bertz CT molecular complexity index is 2190. The van der Waals surface area contributed by atoms with Crippen molar-refractivity contribution in [2.75, 3.05) is 57.3 Å². The Balaban J connectivity index is 0.968. The van der Waals surface area contributed by atoms with Crippen LogP contribution in [0.25, 0.3) is 16.5 Å². The van der Waals surface area contributed by atoms with Crippen LogP contribution in [0.15, 0.2) is 67.1 Å². The quantitative estimate of drug-likeness (QED) is 0.124. The fraction of sp³-hybridized carbons (Fsp3) is 0.477. The molecular weight excluding hydrogens is 727 g/mol. The molecule has 2 aromatic carbocycles. The van der Waals surface area contributed by atoms with Gasteiger partial charge in [0.25, 0.3) is 0 Å². The lowest BCUT2D eigenvalue weighted by Crippen LogP contribution is -2.50. The summed E-state index contributed by atoms with van der Waals surface area (Å²) in [5.41, 5.74) is 0.632. The van der Waals surface area contributed by atoms with Crippen LogP contribution in [0.3, 0.4) is 0 Å². The lowest BCUT2D eigenvalue weighted by atomic mass is 9.83. The van der Waals surface area contributed by atoms with Crippen LogP contribution in [0.2, 0.25) is 0 Å². The first-order valence-electron chi connectivity index (χ1n) is 20.2. The van der Waals surface area contributed by atoms with Crippen molar-refractivity contribution in [1.82, 2.24) is 20.3 Å². The summed E-state index contributed by atoms with van der Waals surface area (Å²) in [4.78, 5) is 32.2. The summed E-state index contributed by atoms with van der Waals surface area (Å²) in [5.74, 6) is 4.05. The van der Waals surface area contributed by atoms with Crippen LogP contribution in [0, 0.1) is 35.9 Å². The number of hydrogen-bond acceptors (Lipinski definition) is 11. The summed E-state index contributed by atoms with van der Waals surface area (Å²) < 4.78 is 37.6. The first-order valence-corrected chi connectivity index (χ1v) is 20.2. The van der Waals surface area contributed by atoms with E-state index in [-0.39, 0.29) is 40.1 Å². The van der Waals surface area contributed by atoms with Crippen molar-refractivity contribution < 1.29 is 23.2 Å². The molecule has 4 fully saturated rings. The first-order chi connectivity index (χ1) is 27.6. The number of phenols is 1. The van der Waals surface area contributed by atoms with Gasteiger partial charge in [0.15, 0.2) is 11.6 Å². The van der Waals surface area contributed by atoms with E-state index in [1.807, 2.05) is 19.9 Å². The molecule has 57 heavy (non-hydrogen) atoms. The average molecular weight is 777 g/mol. The molecule has 0 saturated carbocycles. The maximum atomic E-state index is 17.1. The number of phenolic OH excluding ortho intramolecular Hbond substituents is 1. The predicted molar refractivity (Wildman–Crippen MR) is 220 cm³/mol. The lowest BCUT2D eigenvalue weighted by molar-refractivity contribution is -0.110. The zero-order valence-electron chi connectivity index (χ0n) is 32.6. The van der Waals surface area contributed by atoms with E-state index in [9.17, 15) is 14.3 Å². The second kappa shape index (κ2) is 16.3. The number of aromatic nitrogens is 1. The van der Waals surface area contributed by atoms with E-state index in [0.29, 0.717) is 78.0 Å². The van der Waals surface area contributed by atoms with Gasteiger partial charge in [-0.3, -0.25) is 9.98 Å². The number of piperidine rings is 1. The van der Waals surface area contributed by atoms with E-state index in [0.717, 1.165) is 70.4 Å². The summed E-state index contributed by atoms with van der Waals surface area (Å²) in [6, 6.07) is 8.13. The Hall–Kier alpha value is -5.19. The number of anilines is 1. The van der Waals surface area contributed by atoms with Gasteiger partial charge in [-0.25, -0.2) is 13.8 Å². The number of rotatable bonds is 12. The molecule has 2 bridgehead atoms. The number of nitrogens with zero attached hydrogens (tertiary/aromatic N) is 7. The van der Waals surface area contributed by atoms with Crippen LogP contribution in [0.4, 0.5) is 14.6 Å². The number of aliphatic imine (C=N–C) groups is 3. The molecule has 298 valence electrons. The van der Waals surface area contributed by atoms with E-state index >= 15 is 4.39 Å². The normalized spacial score (nSPS) is 24.0. The molecule has 4 saturated heterocycles. The van der Waals surface area contributed by atoms with E-state index in [1.54, 1.807) is 6.21 Å². The first kappa shape index (κ1) is 38.7. The number of benzene rings is 2. The molecule has 0 aliphatic carbocycles. The molecule has 0 amide bonds. The third kappa shape index (κ3) is 7.77. The highest BCUT2D eigenvalue weighted by atomic mass is 19.1. The lowest BCUT2D eigenvalue weighted by Gasteiger charge is -2.42. The van der Waals surface area contributed by atoms with Gasteiger partial charge in [0.1, 0.15) is 40.8 Å². The minimum absolute atomic E-state index is 0.0277. The van der Waals surface area contributed by atoms with Gasteiger partial charge >= 0.3 is 0 Å². The van der Waals surface area contributed by atoms with Crippen molar-refractivity contribution in [3.8, 4) is 18.1 Å². The summed E-state index contributed by atoms with van der Waals surface area (Å²) in [7, 11) is 0. The highest BCUT2D eigenvalue weighted by molar-refractivity contribution is 6.29. The van der Waals surface area contributed by atoms with E-state index in [4.69, 9.17) is 15.9 Å². The van der Waals surface area contributed by atoms with Crippen molar-refractivity contribution in [3.05, 3.63) is 70.3 Å². The highest BCUT2D eigenvalue weighted by Crippen LogP contribution is 2.39. The summed E-state index contributed by atoms with van der Waals surface area (Å²) in [6.45, 7) is 14.1. The van der Waals surface area contributed by atoms with E-state index in [1.165, 1.54) is 24.3 Å². The monoisotopic (exact) mass is 776 g/mol. The Morgan fingerprint density at radius 1 is 1.11 bits per heavy atom. The molecule has 3 unspecified atom stereocenters. The molecule has 11 nitrogen and oxygen atoms in total. The second-order valence-corrected chi connectivity index (χ2v) is 16.5. The minimum Gasteiger partial charge on any atom is -0.508 e. The number of aromatic hydroxyl groups is 1. The Morgan fingerprint density at radius 2 is 1.86 bits per heavy atom. The minimum atomic E-state index is -0.690. The highest BCUT2D eigenvalue weighted by Gasteiger charge is 2.36. The van der Waals surface area contributed by atoms with Crippen LogP contribution in [-0.4, -0.2) is 109 Å². The van der Waals surface area contributed by atoms with Crippen molar-refractivity contribution in [2.24, 2.45) is 32.7 Å². The summed E-state index contributed by atoms with van der Waals surface area (Å²) >= 11 is 0. The molecule has 1 aromatic heterocycles. The number of nitrogens with one attached hydrogen (secondary N) is 1. The Morgan fingerprint density at radius 3 is 2.54 bits per heavy atom. The molecular formula is C44H50F2N8O3. The Labute approximate surface area is 332 Å². The van der Waals surface area contributed by atoms with E-state index < -0.39 is 11.6 Å². The van der Waals surface area contributed by atoms with E-state index in [2.05, 4.69) is 47.8 Å². The SMILES string of the molecule is C#Cc1c(F)ccc2cc(O)cc(C3=C(F)C(=NCCN4CCC(CC5CN(c6cc(C(C=O)C(C)C)on6)C5)CC4)/C(=C(\N=C)N4CC5CCC(C4)N5)C=N3)c12. The second-order valence-electron chi connectivity index (χ2n) is 16.5. The van der Waals surface area contributed by atoms with Crippen LogP contribution in [0.5, 0.6) is 5.75 Å². The third-order valence-corrected chi connectivity index (χ3v) is 12.4. The molecule has 13 heteroatoms. The van der Waals surface area contributed by atoms with Gasteiger partial charge in [-0.05, 0) is 93.3 Å². The zero-order valence-corrected chi connectivity index (χ0v) is 32.6. The van der Waals surface area contributed by atoms with Crippen molar-refractivity contribution >= 4 is 47.2 Å². The molecule has 2 N–H and O–H groups in total. The molecule has 3 atom stereocenters. The van der Waals surface area contributed by atoms with Gasteiger partial charge < -0.3 is 34.4 Å². The number of aldehydes is 1. The number of piperazine rings is 1. The number of carbonyl (C=O) groups excluding carboxylic acids is 1. The van der Waals surface area contributed by atoms with Gasteiger partial charge in [0.05, 0.1) is 23.6 Å². The average Bonchev–Trinajstić information content (AvgIpc) is 3.80. The largest absolute Gasteiger partial charge is 0.508 e. The van der Waals surface area contributed by atoms with Gasteiger partial charge in [-0.1, -0.05) is 31.0 Å². The molecule has 0 radical (unpaired) electrons. The number of fused-ring (bicyclic) bond motifs is 3. The molecule has 3 aromatic rings. The maximum absolute atomic E-state index is 17.1. The van der Waals surface area contributed by atoms with Crippen molar-refractivity contribution in [1.29, 1.82) is 0 Å². The van der Waals surface area contributed by atoms with Gasteiger partial charge in [0.2, 0.25) is 0 Å². The summed E-state index contributed by atoms with van der Waals surface area (Å²) in [5, 5.41) is 19.3. The zero-order chi connectivity index (χ0) is 39.8. The smallest absolute Gasteiger partial charge is 0.175 e. The van der Waals surface area contributed by atoms with Gasteiger partial charge in [-0.2, -0.15) is 0 Å². The number of carbonyl (C=O) groups is 1. The van der Waals surface area contributed by atoms with Crippen molar-refractivity contribution in [3.63, 3.8) is 0 Å². The predicted octanol–water partition coefficient (Wildman–Crippen LogP) is 6.34. The number of terminal acetylenes is 1. The number of halogens is 2. The Kier molecular flexibility index (Phi) is 11.1. The summed E-state index contributed by atoms with van der Waals surface area (Å²) in [6.07, 6.45) is 13.7. The van der Waals surface area contributed by atoms with Gasteiger partial charge in [-0.15, -0.1) is 6.42 Å². The third-order valence-electron chi connectivity index (χ3n) is 12.4. The maximum Gasteiger partial charge on any atom is 0.175 e. The van der Waals surface area contributed by atoms with Gasteiger partial charge in [0, 0.05) is 68.0 Å². The fourth-order valence-electron chi connectivity index (χ4n) is 9.33. The van der Waals surface area contributed by atoms with Crippen molar-refractivity contribution in [2.45, 2.75) is 64.0 Å². The molecule has 8 rings (SSSR count). The molecule has 6 heterocycles. The number of hydrogen-bond donors (Lipinski definition) is 2. The van der Waals surface area contributed by atoms with Crippen LogP contribution in [-0.2, 0) is 4.79 Å². The van der Waals surface area contributed by atoms with Crippen LogP contribution in [0.1, 0.15) is 68.8 Å². The van der Waals surface area contributed by atoms with Crippen LogP contribution >= 0.6 is 0 Å². The molecule has 0 spiro atoms. The fourth-order valence-corrected chi connectivity index (χ4v) is 9.33. The number of likely N-dealkylation sites (tertiary alicyclic amines) is 2. The van der Waals surface area contributed by atoms with Crippen LogP contribution < -0.4 is 10.2 Å². The molecule has 5 aliphatic rings. The topological polar surface area (TPSA) is 122 Å². The molecule has 5 aliphatic heterocycles. The number of allylic oxidation sites excluding steroid dienone is 2.